The lowest BCUT2D eigenvalue weighted by molar-refractivity contribution is 0.102. The monoisotopic (exact) mass is 474 g/mol. The van der Waals surface area contributed by atoms with Crippen LogP contribution in [0.4, 0.5) is 9.80 Å². The Kier molecular flexibility index (Phi) is 6.19. The third kappa shape index (κ3) is 4.09. The molecular weight excluding hydrogens is 452 g/mol. The zero-order valence-corrected chi connectivity index (χ0v) is 19.1. The van der Waals surface area contributed by atoms with Crippen LogP contribution in [-0.4, -0.2) is 56.4 Å². The maximum absolute atomic E-state index is 12.8. The Hall–Kier alpha value is -2.94. The minimum atomic E-state index is -3.55. The van der Waals surface area contributed by atoms with Gasteiger partial charge in [-0.2, -0.15) is 9.57 Å². The number of hydrogen-bond acceptors (Lipinski definition) is 7. The fraction of sp³-hybridized carbons (Fsp3) is 0.381. The van der Waals surface area contributed by atoms with E-state index >= 15 is 0 Å². The average Bonchev–Trinajstić information content (AvgIpc) is 3.46. The number of hydrogen-bond donors (Lipinski definition) is 1. The Morgan fingerprint density at radius 1 is 1.16 bits per heavy atom. The van der Waals surface area contributed by atoms with Crippen LogP contribution in [0, 0.1) is 11.3 Å². The Bertz CT molecular complexity index is 1190. The van der Waals surface area contributed by atoms with Gasteiger partial charge in [-0.1, -0.05) is 0 Å². The van der Waals surface area contributed by atoms with Crippen molar-refractivity contribution in [2.75, 3.05) is 32.1 Å². The number of anilines is 1. The van der Waals surface area contributed by atoms with Crippen LogP contribution in [-0.2, 0) is 27.7 Å². The van der Waals surface area contributed by atoms with Gasteiger partial charge in [0, 0.05) is 30.1 Å². The van der Waals surface area contributed by atoms with Crippen LogP contribution in [0.1, 0.15) is 39.2 Å². The highest BCUT2D eigenvalue weighted by Crippen LogP contribution is 2.37. The summed E-state index contributed by atoms with van der Waals surface area (Å²) in [6.07, 6.45) is 1.77. The summed E-state index contributed by atoms with van der Waals surface area (Å²) in [7, 11) is -2.23. The number of ether oxygens (including phenoxy) is 1. The summed E-state index contributed by atoms with van der Waals surface area (Å²) >= 11 is 1.26. The number of nitrogens with zero attached hydrogens (tertiary/aromatic N) is 3. The molecule has 2 aliphatic rings. The van der Waals surface area contributed by atoms with E-state index in [0.29, 0.717) is 43.2 Å². The molecule has 0 aliphatic carbocycles. The number of carbonyl (C=O) groups is 2. The minimum absolute atomic E-state index is 0.156. The van der Waals surface area contributed by atoms with Crippen LogP contribution in [0.3, 0.4) is 0 Å². The standard InChI is InChI=1S/C21H22N4O5S2/c1-30-21(27)24-11-8-16-17(12-22)20(31-18(16)13-24)23-19(26)14-4-6-15(7-5-14)32(28,29)25-9-2-3-10-25/h4-7H,2-3,8-11,13H2,1H3,(H,23,26). The van der Waals surface area contributed by atoms with Gasteiger partial charge in [-0.05, 0) is 49.1 Å². The zero-order valence-electron chi connectivity index (χ0n) is 17.5. The third-order valence-corrected chi connectivity index (χ3v) is 8.69. The van der Waals surface area contributed by atoms with Crippen LogP contribution < -0.4 is 5.32 Å². The predicted molar refractivity (Wildman–Crippen MR) is 118 cm³/mol. The first-order chi connectivity index (χ1) is 15.3. The molecule has 1 fully saturated rings. The summed E-state index contributed by atoms with van der Waals surface area (Å²) < 4.78 is 31.5. The second kappa shape index (κ2) is 8.90. The summed E-state index contributed by atoms with van der Waals surface area (Å²) in [4.78, 5) is 27.1. The van der Waals surface area contributed by atoms with Crippen LogP contribution >= 0.6 is 11.3 Å². The summed E-state index contributed by atoms with van der Waals surface area (Å²) in [5, 5.41) is 12.8. The SMILES string of the molecule is COC(=O)N1CCc2c(sc(NC(=O)c3ccc(S(=O)(=O)N4CCCC4)cc3)c2C#N)C1. The lowest BCUT2D eigenvalue weighted by Crippen LogP contribution is -2.35. The quantitative estimate of drug-likeness (QED) is 0.728. The van der Waals surface area contributed by atoms with Crippen LogP contribution in [0.15, 0.2) is 29.2 Å². The molecule has 1 aromatic heterocycles. The van der Waals surface area contributed by atoms with Gasteiger partial charge in [0.05, 0.1) is 24.1 Å². The first-order valence-corrected chi connectivity index (χ1v) is 12.4. The molecule has 9 nitrogen and oxygen atoms in total. The van der Waals surface area contributed by atoms with E-state index in [1.165, 1.54) is 47.0 Å². The van der Waals surface area contributed by atoms with E-state index in [-0.39, 0.29) is 10.5 Å². The molecule has 1 N–H and O–H groups in total. The molecule has 0 saturated carbocycles. The normalized spacial score (nSPS) is 16.3. The smallest absolute Gasteiger partial charge is 0.409 e. The lowest BCUT2D eigenvalue weighted by Gasteiger charge is -2.25. The Morgan fingerprint density at radius 3 is 2.47 bits per heavy atom. The molecule has 1 saturated heterocycles. The van der Waals surface area contributed by atoms with Gasteiger partial charge in [0.2, 0.25) is 10.0 Å². The largest absolute Gasteiger partial charge is 0.453 e. The van der Waals surface area contributed by atoms with Gasteiger partial charge in [-0.3, -0.25) is 4.79 Å². The van der Waals surface area contributed by atoms with E-state index in [1.807, 2.05) is 0 Å². The summed E-state index contributed by atoms with van der Waals surface area (Å²) in [6.45, 7) is 1.78. The Labute approximate surface area is 190 Å². The number of sulfonamides is 1. The summed E-state index contributed by atoms with van der Waals surface area (Å²) in [6, 6.07) is 7.96. The number of amides is 2. The number of benzene rings is 1. The van der Waals surface area contributed by atoms with E-state index in [2.05, 4.69) is 11.4 Å². The molecule has 2 aromatic rings. The fourth-order valence-corrected chi connectivity index (χ4v) is 6.65. The van der Waals surface area contributed by atoms with E-state index in [1.54, 1.807) is 4.90 Å². The second-order valence-corrected chi connectivity index (χ2v) is 10.6. The molecule has 0 bridgehead atoms. The van der Waals surface area contributed by atoms with Crippen LogP contribution in [0.5, 0.6) is 0 Å². The number of fused-ring (bicyclic) bond motifs is 1. The first kappa shape index (κ1) is 22.3. The maximum Gasteiger partial charge on any atom is 0.409 e. The van der Waals surface area contributed by atoms with Crippen molar-refractivity contribution in [3.8, 4) is 6.07 Å². The van der Waals surface area contributed by atoms with Gasteiger partial charge in [-0.25, -0.2) is 13.2 Å². The number of nitrogens with one attached hydrogen (secondary N) is 1. The molecule has 0 radical (unpaired) electrons. The zero-order chi connectivity index (χ0) is 22.9. The van der Waals surface area contributed by atoms with E-state index in [0.717, 1.165) is 23.3 Å². The fourth-order valence-electron chi connectivity index (χ4n) is 3.93. The molecule has 1 aromatic carbocycles. The van der Waals surface area contributed by atoms with Crippen molar-refractivity contribution in [3.05, 3.63) is 45.8 Å². The number of methoxy groups -OCH3 is 1. The molecule has 0 unspecified atom stereocenters. The van der Waals surface area contributed by atoms with Gasteiger partial charge in [0.25, 0.3) is 5.91 Å². The second-order valence-electron chi connectivity index (χ2n) is 7.55. The molecule has 0 spiro atoms. The molecule has 0 atom stereocenters. The van der Waals surface area contributed by atoms with Gasteiger partial charge in [0.15, 0.2) is 0 Å². The first-order valence-electron chi connectivity index (χ1n) is 10.1. The van der Waals surface area contributed by atoms with Crippen molar-refractivity contribution in [3.63, 3.8) is 0 Å². The highest BCUT2D eigenvalue weighted by Gasteiger charge is 2.29. The molecule has 11 heteroatoms. The molecule has 2 amide bonds. The number of thiophene rings is 1. The summed E-state index contributed by atoms with van der Waals surface area (Å²) in [5.41, 5.74) is 1.52. The molecule has 3 heterocycles. The lowest BCUT2D eigenvalue weighted by atomic mass is 10.0. The molecule has 4 rings (SSSR count). The Morgan fingerprint density at radius 2 is 1.84 bits per heavy atom. The highest BCUT2D eigenvalue weighted by molar-refractivity contribution is 7.89. The molecule has 32 heavy (non-hydrogen) atoms. The van der Waals surface area contributed by atoms with Crippen molar-refractivity contribution < 1.29 is 22.7 Å². The van der Waals surface area contributed by atoms with Gasteiger partial charge < -0.3 is 15.0 Å². The van der Waals surface area contributed by atoms with Crippen molar-refractivity contribution in [2.24, 2.45) is 0 Å². The molecular formula is C21H22N4O5S2. The van der Waals surface area contributed by atoms with Crippen LogP contribution in [0.2, 0.25) is 0 Å². The third-order valence-electron chi connectivity index (χ3n) is 5.65. The maximum atomic E-state index is 12.8. The van der Waals surface area contributed by atoms with Gasteiger partial charge >= 0.3 is 6.09 Å². The average molecular weight is 475 g/mol. The summed E-state index contributed by atoms with van der Waals surface area (Å²) in [5.74, 6) is -0.435. The van der Waals surface area contributed by atoms with Crippen molar-refractivity contribution in [2.45, 2.75) is 30.7 Å². The number of carbonyl (C=O) groups excluding carboxylic acids is 2. The van der Waals surface area contributed by atoms with E-state index in [4.69, 9.17) is 4.74 Å². The topological polar surface area (TPSA) is 120 Å². The predicted octanol–water partition coefficient (Wildman–Crippen LogP) is 2.78. The minimum Gasteiger partial charge on any atom is -0.453 e. The molecule has 2 aliphatic heterocycles. The van der Waals surface area contributed by atoms with Crippen molar-refractivity contribution in [1.29, 1.82) is 5.26 Å². The highest BCUT2D eigenvalue weighted by atomic mass is 32.2. The van der Waals surface area contributed by atoms with E-state index in [9.17, 15) is 23.3 Å². The Balaban J connectivity index is 1.52. The van der Waals surface area contributed by atoms with Crippen molar-refractivity contribution >= 4 is 38.4 Å². The van der Waals surface area contributed by atoms with Crippen LogP contribution in [0.25, 0.3) is 0 Å². The van der Waals surface area contributed by atoms with E-state index < -0.39 is 22.0 Å². The molecule has 168 valence electrons. The van der Waals surface area contributed by atoms with Gasteiger partial charge in [0.1, 0.15) is 11.1 Å². The number of rotatable bonds is 4. The number of nitriles is 1. The van der Waals surface area contributed by atoms with Crippen molar-refractivity contribution in [1.82, 2.24) is 9.21 Å². The van der Waals surface area contributed by atoms with Gasteiger partial charge in [-0.15, -0.1) is 11.3 Å².